The molecule has 1 rings (SSSR count). The number of hydrogen-bond acceptors (Lipinski definition) is 4. The van der Waals surface area contributed by atoms with Crippen molar-refractivity contribution in [3.05, 3.63) is 40.2 Å². The maximum Gasteiger partial charge on any atom is 0.340 e. The van der Waals surface area contributed by atoms with Gasteiger partial charge in [-0.05, 0) is 12.5 Å². The molecule has 0 aliphatic carbocycles. The van der Waals surface area contributed by atoms with Crippen LogP contribution in [0.25, 0.3) is 0 Å². The average Bonchev–Trinajstić information content (AvgIpc) is 2.56. The first-order chi connectivity index (χ1) is 11.6. The van der Waals surface area contributed by atoms with E-state index in [1.165, 1.54) is 57.4 Å². The molecule has 0 spiro atoms. The monoisotopic (exact) mass is 372 g/mol. The number of aryl methyl sites for hydroxylation is 1. The van der Waals surface area contributed by atoms with E-state index in [9.17, 15) is 14.9 Å². The fourth-order valence-corrected chi connectivity index (χ4v) is 2.68. The molecule has 0 aromatic carbocycles. The Kier molecular flexibility index (Phi) is 13.6. The van der Waals surface area contributed by atoms with Crippen molar-refractivity contribution in [3.8, 4) is 0 Å². The molecule has 0 fully saturated rings. The summed E-state index contributed by atoms with van der Waals surface area (Å²) in [5.74, 6) is -0.933. The van der Waals surface area contributed by atoms with E-state index in [2.05, 4.69) is 11.8 Å². The van der Waals surface area contributed by atoms with Crippen molar-refractivity contribution in [2.45, 2.75) is 77.7 Å². The Morgan fingerprint density at radius 3 is 2.20 bits per heavy atom. The number of unbranched alkanes of at least 4 members (excludes halogenated alkanes) is 9. The van der Waals surface area contributed by atoms with Gasteiger partial charge in [-0.3, -0.25) is 4.79 Å². The molecule has 0 bridgehead atoms. The van der Waals surface area contributed by atoms with Gasteiger partial charge in [-0.1, -0.05) is 58.3 Å². The van der Waals surface area contributed by atoms with Crippen LogP contribution in [0.1, 0.15) is 81.5 Å². The second kappa shape index (κ2) is 14.6. The number of nitrogens with zero attached hydrogens (tertiary/aromatic N) is 2. The highest BCUT2D eigenvalue weighted by Gasteiger charge is 2.14. The van der Waals surface area contributed by atoms with Crippen LogP contribution in [0.3, 0.4) is 0 Å². The van der Waals surface area contributed by atoms with Gasteiger partial charge in [0.1, 0.15) is 12.1 Å². The highest BCUT2D eigenvalue weighted by molar-refractivity contribution is 5.88. The maximum atomic E-state index is 11.5. The Balaban J connectivity index is 0.00000576. The minimum Gasteiger partial charge on any atom is -1.00 e. The van der Waals surface area contributed by atoms with Crippen molar-refractivity contribution in [1.29, 1.82) is 0 Å². The van der Waals surface area contributed by atoms with Crippen molar-refractivity contribution < 1.29 is 31.7 Å². The summed E-state index contributed by atoms with van der Waals surface area (Å²) in [6.45, 7) is 3.04. The Bertz CT molecular complexity index is 512. The zero-order valence-electron chi connectivity index (χ0n) is 15.0. The van der Waals surface area contributed by atoms with Crippen LogP contribution in [-0.2, 0) is 11.4 Å². The van der Waals surface area contributed by atoms with Crippen molar-refractivity contribution in [3.63, 3.8) is 0 Å². The number of aromatic nitrogens is 1. The first-order valence-corrected chi connectivity index (χ1v) is 8.99. The molecule has 0 saturated carbocycles. The molecule has 0 atom stereocenters. The molecule has 0 saturated heterocycles. The van der Waals surface area contributed by atoms with Crippen LogP contribution in [0, 0.1) is 10.1 Å². The van der Waals surface area contributed by atoms with Gasteiger partial charge in [0.25, 0.3) is 0 Å². The number of hydrogen-bond donors (Lipinski definition) is 0. The fourth-order valence-electron chi connectivity index (χ4n) is 2.68. The van der Waals surface area contributed by atoms with Crippen molar-refractivity contribution in [1.82, 2.24) is 0 Å². The third-order valence-electron chi connectivity index (χ3n) is 4.02. The Morgan fingerprint density at radius 2 is 1.64 bits per heavy atom. The smallest absolute Gasteiger partial charge is 0.340 e. The molecule has 1 heterocycles. The summed E-state index contributed by atoms with van der Waals surface area (Å²) in [7, 11) is 0. The highest BCUT2D eigenvalue weighted by atomic mass is 35.5. The zero-order chi connectivity index (χ0) is 17.6. The summed E-state index contributed by atoms with van der Waals surface area (Å²) in [6, 6.07) is 3.22. The number of halogens is 1. The predicted molar refractivity (Wildman–Crippen MR) is 90.9 cm³/mol. The van der Waals surface area contributed by atoms with Gasteiger partial charge in [-0.2, -0.15) is 0 Å². The molecule has 1 aromatic heterocycles. The molecule has 0 aliphatic heterocycles. The lowest BCUT2D eigenvalue weighted by molar-refractivity contribution is -0.727. The van der Waals surface area contributed by atoms with E-state index in [4.69, 9.17) is 0 Å². The largest absolute Gasteiger partial charge is 1.00 e. The SMILES string of the molecule is CCCCCCCCCCCC[n+]1cccc(C(=O)O[N+](=O)[O-])c1.[Cl-]. The van der Waals surface area contributed by atoms with Gasteiger partial charge in [0.15, 0.2) is 12.4 Å². The zero-order valence-corrected chi connectivity index (χ0v) is 15.7. The van der Waals surface area contributed by atoms with Crippen LogP contribution in [0.2, 0.25) is 0 Å². The molecule has 0 aliphatic rings. The summed E-state index contributed by atoms with van der Waals surface area (Å²) in [5.41, 5.74) is 0.196. The van der Waals surface area contributed by atoms with E-state index in [1.54, 1.807) is 12.3 Å². The Hall–Kier alpha value is -1.69. The lowest BCUT2D eigenvalue weighted by Crippen LogP contribution is -3.00. The molecule has 6 nitrogen and oxygen atoms in total. The standard InChI is InChI=1S/C18H29N2O4.ClH/c1-2-3-4-5-6-7-8-9-10-11-14-19-15-12-13-17(16-19)18(21)24-20(22)23;/h12-13,15-16H,2-11,14H2,1H3;1H/q+1;/p-1. The lowest BCUT2D eigenvalue weighted by Gasteiger charge is -2.02. The maximum absolute atomic E-state index is 11.5. The average molecular weight is 373 g/mol. The van der Waals surface area contributed by atoms with E-state index < -0.39 is 11.1 Å². The van der Waals surface area contributed by atoms with Crippen LogP contribution in [0.5, 0.6) is 0 Å². The summed E-state index contributed by atoms with van der Waals surface area (Å²) in [6.07, 6.45) is 16.2. The van der Waals surface area contributed by atoms with E-state index in [0.29, 0.717) is 0 Å². The number of pyridine rings is 1. The van der Waals surface area contributed by atoms with Gasteiger partial charge >= 0.3 is 11.1 Å². The van der Waals surface area contributed by atoms with Crippen LogP contribution in [0.4, 0.5) is 0 Å². The fraction of sp³-hybridized carbons (Fsp3) is 0.667. The van der Waals surface area contributed by atoms with E-state index in [-0.39, 0.29) is 18.0 Å². The number of carbonyl (C=O) groups excluding carboxylic acids is 1. The topological polar surface area (TPSA) is 73.3 Å². The highest BCUT2D eigenvalue weighted by Crippen LogP contribution is 2.10. The molecule has 0 unspecified atom stereocenters. The molecule has 0 radical (unpaired) electrons. The second-order valence-corrected chi connectivity index (χ2v) is 6.11. The van der Waals surface area contributed by atoms with Gasteiger partial charge < -0.3 is 12.4 Å². The molecule has 0 N–H and O–H groups in total. The molecule has 25 heavy (non-hydrogen) atoms. The number of rotatable bonds is 13. The molecule has 1 aromatic rings. The Labute approximate surface area is 156 Å². The van der Waals surface area contributed by atoms with Gasteiger partial charge in [-0.25, -0.2) is 9.40 Å². The third-order valence-corrected chi connectivity index (χ3v) is 4.02. The summed E-state index contributed by atoms with van der Waals surface area (Å²) < 4.78 is 1.88. The van der Waals surface area contributed by atoms with Crippen LogP contribution in [-0.4, -0.2) is 11.1 Å². The summed E-state index contributed by atoms with van der Waals surface area (Å²) in [4.78, 5) is 25.6. The first kappa shape index (κ1) is 23.3. The van der Waals surface area contributed by atoms with E-state index in [0.717, 1.165) is 19.4 Å². The van der Waals surface area contributed by atoms with Gasteiger partial charge in [-0.15, -0.1) is 10.1 Å². The molecule has 0 amide bonds. The first-order valence-electron chi connectivity index (χ1n) is 8.99. The Morgan fingerprint density at radius 1 is 1.08 bits per heavy atom. The van der Waals surface area contributed by atoms with Gasteiger partial charge in [0, 0.05) is 12.5 Å². The third kappa shape index (κ3) is 11.5. The van der Waals surface area contributed by atoms with E-state index in [1.807, 2.05) is 10.8 Å². The molecular weight excluding hydrogens is 344 g/mol. The second-order valence-electron chi connectivity index (χ2n) is 6.11. The molecular formula is C18H29ClN2O4. The minimum atomic E-state index is -1.08. The molecule has 7 heteroatoms. The quantitative estimate of drug-likeness (QED) is 0.226. The van der Waals surface area contributed by atoms with Crippen molar-refractivity contribution in [2.75, 3.05) is 0 Å². The minimum absolute atomic E-state index is 0. The van der Waals surface area contributed by atoms with Crippen molar-refractivity contribution >= 4 is 5.97 Å². The lowest BCUT2D eigenvalue weighted by atomic mass is 10.1. The van der Waals surface area contributed by atoms with Crippen LogP contribution in [0.15, 0.2) is 24.5 Å². The van der Waals surface area contributed by atoms with Crippen molar-refractivity contribution in [2.24, 2.45) is 0 Å². The number of carbonyl (C=O) groups is 1. The normalized spacial score (nSPS) is 10.1. The van der Waals surface area contributed by atoms with Gasteiger partial charge in [0.05, 0.1) is 0 Å². The predicted octanol–water partition coefficient (Wildman–Crippen LogP) is 1.25. The van der Waals surface area contributed by atoms with Crippen LogP contribution < -0.4 is 17.0 Å². The summed E-state index contributed by atoms with van der Waals surface area (Å²) >= 11 is 0. The van der Waals surface area contributed by atoms with E-state index >= 15 is 0 Å². The molecule has 142 valence electrons. The summed E-state index contributed by atoms with van der Waals surface area (Å²) in [5, 5.41) is 9.11. The van der Waals surface area contributed by atoms with Gasteiger partial charge in [0.2, 0.25) is 0 Å². The van der Waals surface area contributed by atoms with Crippen LogP contribution >= 0.6 is 0 Å².